The van der Waals surface area contributed by atoms with Crippen LogP contribution < -0.4 is 14.5 Å². The maximum absolute atomic E-state index is 13.1. The van der Waals surface area contributed by atoms with E-state index in [9.17, 15) is 19.7 Å². The fourth-order valence-electron chi connectivity index (χ4n) is 3.82. The van der Waals surface area contributed by atoms with Crippen LogP contribution in [0, 0.1) is 16.0 Å². The molecule has 0 N–H and O–H groups in total. The van der Waals surface area contributed by atoms with Gasteiger partial charge in [-0.3, -0.25) is 19.7 Å². The van der Waals surface area contributed by atoms with Crippen molar-refractivity contribution in [3.05, 3.63) is 58.1 Å². The zero-order valence-electron chi connectivity index (χ0n) is 15.3. The normalized spacial score (nSPS) is 18.3. The van der Waals surface area contributed by atoms with Gasteiger partial charge in [0.25, 0.3) is 5.69 Å². The number of rotatable bonds is 4. The molecule has 2 aliphatic heterocycles. The maximum atomic E-state index is 13.1. The number of non-ortho nitro benzene ring substituents is 1. The van der Waals surface area contributed by atoms with Crippen molar-refractivity contribution in [1.82, 2.24) is 0 Å². The van der Waals surface area contributed by atoms with Crippen LogP contribution in [-0.4, -0.2) is 36.9 Å². The number of hydrogen-bond donors (Lipinski definition) is 0. The first kappa shape index (κ1) is 18.0. The minimum absolute atomic E-state index is 0.0409. The van der Waals surface area contributed by atoms with E-state index < -0.39 is 10.8 Å². The number of nitro groups is 1. The summed E-state index contributed by atoms with van der Waals surface area (Å²) in [7, 11) is 1.57. The molecule has 8 nitrogen and oxygen atoms in total. The lowest BCUT2D eigenvalue weighted by atomic mass is 10.1. The Hall–Kier alpha value is -3.42. The Morgan fingerprint density at radius 3 is 2.64 bits per heavy atom. The van der Waals surface area contributed by atoms with Gasteiger partial charge in [-0.2, -0.15) is 0 Å². The van der Waals surface area contributed by atoms with Gasteiger partial charge in [0.2, 0.25) is 11.8 Å². The van der Waals surface area contributed by atoms with E-state index in [1.807, 2.05) is 0 Å². The Morgan fingerprint density at radius 2 is 1.96 bits per heavy atom. The van der Waals surface area contributed by atoms with Gasteiger partial charge in [0.05, 0.1) is 23.6 Å². The number of ether oxygens (including phenoxy) is 1. The average Bonchev–Trinajstić information content (AvgIpc) is 3.30. The van der Waals surface area contributed by atoms with Gasteiger partial charge in [0.1, 0.15) is 5.75 Å². The van der Waals surface area contributed by atoms with Crippen molar-refractivity contribution in [1.29, 1.82) is 0 Å². The van der Waals surface area contributed by atoms with Gasteiger partial charge in [0, 0.05) is 37.3 Å². The van der Waals surface area contributed by atoms with Crippen LogP contribution in [-0.2, 0) is 16.0 Å². The number of anilines is 2. The van der Waals surface area contributed by atoms with Gasteiger partial charge in [-0.1, -0.05) is 6.07 Å². The van der Waals surface area contributed by atoms with Crippen molar-refractivity contribution >= 4 is 28.9 Å². The van der Waals surface area contributed by atoms with Gasteiger partial charge in [0.15, 0.2) is 0 Å². The van der Waals surface area contributed by atoms with E-state index in [0.717, 1.165) is 11.3 Å². The number of nitro benzene ring substituents is 1. The molecule has 144 valence electrons. The highest BCUT2D eigenvalue weighted by Gasteiger charge is 2.39. The van der Waals surface area contributed by atoms with E-state index in [1.165, 1.54) is 12.1 Å². The van der Waals surface area contributed by atoms with Crippen LogP contribution in [0.25, 0.3) is 0 Å². The van der Waals surface area contributed by atoms with Crippen molar-refractivity contribution in [2.24, 2.45) is 5.92 Å². The van der Waals surface area contributed by atoms with Gasteiger partial charge < -0.3 is 14.5 Å². The molecule has 1 unspecified atom stereocenters. The maximum Gasteiger partial charge on any atom is 0.271 e. The second-order valence-corrected chi connectivity index (χ2v) is 6.91. The van der Waals surface area contributed by atoms with Crippen LogP contribution in [0.5, 0.6) is 5.75 Å². The molecule has 1 atom stereocenters. The molecule has 0 spiro atoms. The highest BCUT2D eigenvalue weighted by molar-refractivity contribution is 6.05. The van der Waals surface area contributed by atoms with E-state index >= 15 is 0 Å². The minimum atomic E-state index is -0.472. The summed E-state index contributed by atoms with van der Waals surface area (Å²) in [5, 5.41) is 11.1. The molecule has 0 aromatic heterocycles. The zero-order valence-corrected chi connectivity index (χ0v) is 15.3. The summed E-state index contributed by atoms with van der Waals surface area (Å²) in [6.07, 6.45) is 0.785. The number of hydrogen-bond acceptors (Lipinski definition) is 5. The number of nitrogens with zero attached hydrogens (tertiary/aromatic N) is 3. The topological polar surface area (TPSA) is 93.0 Å². The summed E-state index contributed by atoms with van der Waals surface area (Å²) >= 11 is 0. The molecular weight excluding hydrogens is 362 g/mol. The molecular formula is C20H19N3O5. The Kier molecular flexibility index (Phi) is 4.46. The van der Waals surface area contributed by atoms with Gasteiger partial charge in [-0.05, 0) is 36.2 Å². The van der Waals surface area contributed by atoms with Gasteiger partial charge >= 0.3 is 0 Å². The second-order valence-electron chi connectivity index (χ2n) is 6.91. The molecule has 28 heavy (non-hydrogen) atoms. The quantitative estimate of drug-likeness (QED) is 0.599. The van der Waals surface area contributed by atoms with E-state index in [4.69, 9.17) is 4.74 Å². The zero-order chi connectivity index (χ0) is 19.8. The highest BCUT2D eigenvalue weighted by Crippen LogP contribution is 2.35. The minimum Gasteiger partial charge on any atom is -0.497 e. The first-order chi connectivity index (χ1) is 13.5. The Morgan fingerprint density at radius 1 is 1.21 bits per heavy atom. The third kappa shape index (κ3) is 3.06. The largest absolute Gasteiger partial charge is 0.497 e. The lowest BCUT2D eigenvalue weighted by molar-refractivity contribution is -0.384. The Bertz CT molecular complexity index is 957. The average molecular weight is 381 g/mol. The fraction of sp³-hybridized carbons (Fsp3) is 0.300. The number of fused-ring (bicyclic) bond motifs is 1. The Balaban J connectivity index is 1.53. The van der Waals surface area contributed by atoms with Crippen LogP contribution in [0.2, 0.25) is 0 Å². The molecule has 1 saturated heterocycles. The molecule has 0 bridgehead atoms. The summed E-state index contributed by atoms with van der Waals surface area (Å²) in [6.45, 7) is 0.771. The van der Waals surface area contributed by atoms with Crippen molar-refractivity contribution in [2.75, 3.05) is 30.0 Å². The summed E-state index contributed by atoms with van der Waals surface area (Å²) in [4.78, 5) is 39.3. The number of carbonyl (C=O) groups excluding carboxylic acids is 2. The molecule has 0 radical (unpaired) electrons. The molecule has 2 aromatic carbocycles. The molecule has 0 saturated carbocycles. The molecule has 2 heterocycles. The first-order valence-corrected chi connectivity index (χ1v) is 9.01. The molecule has 4 rings (SSSR count). The summed E-state index contributed by atoms with van der Waals surface area (Å²) < 4.78 is 5.13. The second kappa shape index (κ2) is 6.95. The summed E-state index contributed by atoms with van der Waals surface area (Å²) in [5.41, 5.74) is 2.17. The van der Waals surface area contributed by atoms with Crippen LogP contribution in [0.4, 0.5) is 17.1 Å². The predicted octanol–water partition coefficient (Wildman–Crippen LogP) is 2.55. The van der Waals surface area contributed by atoms with Crippen molar-refractivity contribution in [3.8, 4) is 5.75 Å². The van der Waals surface area contributed by atoms with Crippen LogP contribution in [0.1, 0.15) is 12.0 Å². The molecule has 2 aliphatic rings. The van der Waals surface area contributed by atoms with Crippen molar-refractivity contribution in [2.45, 2.75) is 12.8 Å². The van der Waals surface area contributed by atoms with Crippen molar-refractivity contribution < 1.29 is 19.2 Å². The van der Waals surface area contributed by atoms with E-state index in [0.29, 0.717) is 30.9 Å². The SMILES string of the molecule is COc1ccc(N2CC(C(=O)N3CCc4ccc([N+](=O)[O-])cc43)CC2=O)cc1. The number of carbonyl (C=O) groups is 2. The van der Waals surface area contributed by atoms with Crippen LogP contribution in [0.15, 0.2) is 42.5 Å². The van der Waals surface area contributed by atoms with Crippen LogP contribution >= 0.6 is 0 Å². The highest BCUT2D eigenvalue weighted by atomic mass is 16.6. The molecule has 2 aromatic rings. The first-order valence-electron chi connectivity index (χ1n) is 9.01. The standard InChI is InChI=1S/C20H19N3O5/c1-28-17-6-4-15(5-7-17)22-12-14(10-19(22)24)20(25)21-9-8-13-2-3-16(23(26)27)11-18(13)21/h2-7,11,14H,8-10,12H2,1H3. The molecule has 0 aliphatic carbocycles. The van der Waals surface area contributed by atoms with E-state index in [-0.39, 0.29) is 23.9 Å². The third-order valence-electron chi connectivity index (χ3n) is 5.30. The number of amides is 2. The molecule has 2 amide bonds. The molecule has 8 heteroatoms. The monoisotopic (exact) mass is 381 g/mol. The molecule has 1 fully saturated rings. The summed E-state index contributed by atoms with van der Waals surface area (Å²) in [6, 6.07) is 11.7. The predicted molar refractivity (Wildman–Crippen MR) is 103 cm³/mol. The van der Waals surface area contributed by atoms with Crippen LogP contribution in [0.3, 0.4) is 0 Å². The third-order valence-corrected chi connectivity index (χ3v) is 5.30. The lowest BCUT2D eigenvalue weighted by Gasteiger charge is -2.21. The van der Waals surface area contributed by atoms with Gasteiger partial charge in [-0.25, -0.2) is 0 Å². The van der Waals surface area contributed by atoms with E-state index in [2.05, 4.69) is 0 Å². The van der Waals surface area contributed by atoms with Crippen molar-refractivity contribution in [3.63, 3.8) is 0 Å². The smallest absolute Gasteiger partial charge is 0.271 e. The number of methoxy groups -OCH3 is 1. The van der Waals surface area contributed by atoms with Gasteiger partial charge in [-0.15, -0.1) is 0 Å². The fourth-order valence-corrected chi connectivity index (χ4v) is 3.82. The number of benzene rings is 2. The Labute approximate surface area is 161 Å². The van der Waals surface area contributed by atoms with E-state index in [1.54, 1.807) is 47.2 Å². The lowest BCUT2D eigenvalue weighted by Crippen LogP contribution is -2.36. The summed E-state index contributed by atoms with van der Waals surface area (Å²) in [5.74, 6) is -0.0521.